The summed E-state index contributed by atoms with van der Waals surface area (Å²) in [5.74, 6) is 0.796. The van der Waals surface area contributed by atoms with Crippen LogP contribution in [0.25, 0.3) is 0 Å². The fraction of sp³-hybridized carbons (Fsp3) is 0.316. The molecule has 0 aliphatic carbocycles. The van der Waals surface area contributed by atoms with Crippen LogP contribution < -0.4 is 19.7 Å². The molecule has 2 aromatic rings. The number of carbonyl (C=O) groups excluding carboxylic acids is 1. The van der Waals surface area contributed by atoms with Crippen LogP contribution in [0.15, 0.2) is 36.4 Å². The van der Waals surface area contributed by atoms with Crippen molar-refractivity contribution in [3.8, 4) is 11.5 Å². The predicted octanol–water partition coefficient (Wildman–Crippen LogP) is 3.96. The Kier molecular flexibility index (Phi) is 4.40. The summed E-state index contributed by atoms with van der Waals surface area (Å²) in [6, 6.07) is 11.2. The van der Waals surface area contributed by atoms with Gasteiger partial charge in [-0.3, -0.25) is 4.79 Å². The van der Waals surface area contributed by atoms with Crippen molar-refractivity contribution in [3.63, 3.8) is 0 Å². The number of fused-ring (bicyclic) bond motifs is 1. The number of hydrogen-bond donors (Lipinski definition) is 1. The molecule has 6 heteroatoms. The number of ether oxygens (including phenoxy) is 2. The molecule has 0 radical (unpaired) electrons. The SMILES string of the molecule is O=C(Nc1ccccc1N1CCCC1)c1cc(Cl)c2c(c1)OCCO2. The first-order chi connectivity index (χ1) is 12.2. The number of benzene rings is 2. The van der Waals surface area contributed by atoms with Crippen molar-refractivity contribution in [2.24, 2.45) is 0 Å². The van der Waals surface area contributed by atoms with Crippen molar-refractivity contribution in [1.29, 1.82) is 0 Å². The number of nitrogens with zero attached hydrogens (tertiary/aromatic N) is 1. The van der Waals surface area contributed by atoms with E-state index in [0.29, 0.717) is 35.3 Å². The lowest BCUT2D eigenvalue weighted by Crippen LogP contribution is -2.21. The first-order valence-corrected chi connectivity index (χ1v) is 8.84. The Morgan fingerprint density at radius 3 is 2.68 bits per heavy atom. The first-order valence-electron chi connectivity index (χ1n) is 8.47. The summed E-state index contributed by atoms with van der Waals surface area (Å²) in [4.78, 5) is 15.0. The fourth-order valence-electron chi connectivity index (χ4n) is 3.25. The van der Waals surface area contributed by atoms with Crippen LogP contribution in [-0.4, -0.2) is 32.2 Å². The van der Waals surface area contributed by atoms with Crippen LogP contribution in [0.3, 0.4) is 0 Å². The summed E-state index contributed by atoms with van der Waals surface area (Å²) in [7, 11) is 0. The molecule has 4 rings (SSSR count). The molecule has 5 nitrogen and oxygen atoms in total. The highest BCUT2D eigenvalue weighted by molar-refractivity contribution is 6.32. The molecule has 2 aromatic carbocycles. The second-order valence-electron chi connectivity index (χ2n) is 6.15. The van der Waals surface area contributed by atoms with E-state index in [0.717, 1.165) is 24.5 Å². The van der Waals surface area contributed by atoms with Gasteiger partial charge >= 0.3 is 0 Å². The number of para-hydroxylation sites is 2. The van der Waals surface area contributed by atoms with Gasteiger partial charge in [0.25, 0.3) is 5.91 Å². The molecule has 130 valence electrons. The molecule has 0 aromatic heterocycles. The van der Waals surface area contributed by atoms with E-state index < -0.39 is 0 Å². The van der Waals surface area contributed by atoms with E-state index in [-0.39, 0.29) is 5.91 Å². The molecule has 1 fully saturated rings. The van der Waals surface area contributed by atoms with Gasteiger partial charge in [-0.1, -0.05) is 23.7 Å². The van der Waals surface area contributed by atoms with Crippen molar-refractivity contribution >= 4 is 28.9 Å². The summed E-state index contributed by atoms with van der Waals surface area (Å²) in [5.41, 5.74) is 2.31. The van der Waals surface area contributed by atoms with E-state index in [2.05, 4.69) is 10.2 Å². The average Bonchev–Trinajstić information content (AvgIpc) is 3.16. The molecular weight excluding hydrogens is 340 g/mol. The average molecular weight is 359 g/mol. The predicted molar refractivity (Wildman–Crippen MR) is 98.3 cm³/mol. The van der Waals surface area contributed by atoms with Crippen molar-refractivity contribution in [3.05, 3.63) is 47.0 Å². The van der Waals surface area contributed by atoms with Crippen LogP contribution in [0.2, 0.25) is 5.02 Å². The number of hydrogen-bond acceptors (Lipinski definition) is 4. The van der Waals surface area contributed by atoms with Crippen molar-refractivity contribution in [2.45, 2.75) is 12.8 Å². The van der Waals surface area contributed by atoms with Crippen LogP contribution in [0, 0.1) is 0 Å². The molecule has 0 spiro atoms. The maximum atomic E-state index is 12.7. The number of anilines is 2. The van der Waals surface area contributed by atoms with E-state index in [9.17, 15) is 4.79 Å². The van der Waals surface area contributed by atoms with Gasteiger partial charge in [0, 0.05) is 18.7 Å². The monoisotopic (exact) mass is 358 g/mol. The maximum Gasteiger partial charge on any atom is 0.255 e. The standard InChI is InChI=1S/C19H19ClN2O3/c20-14-11-13(12-17-18(14)25-10-9-24-17)19(23)21-15-5-1-2-6-16(15)22-7-3-4-8-22/h1-2,5-6,11-12H,3-4,7-10H2,(H,21,23). The lowest BCUT2D eigenvalue weighted by Gasteiger charge is -2.22. The Bertz CT molecular complexity index is 803. The van der Waals surface area contributed by atoms with Gasteiger partial charge in [0.1, 0.15) is 13.2 Å². The van der Waals surface area contributed by atoms with Crippen LogP contribution >= 0.6 is 11.6 Å². The van der Waals surface area contributed by atoms with E-state index in [4.69, 9.17) is 21.1 Å². The van der Waals surface area contributed by atoms with Gasteiger partial charge in [0.15, 0.2) is 11.5 Å². The molecule has 25 heavy (non-hydrogen) atoms. The third-order valence-electron chi connectivity index (χ3n) is 4.46. The second-order valence-corrected chi connectivity index (χ2v) is 6.55. The van der Waals surface area contributed by atoms with Gasteiger partial charge in [-0.25, -0.2) is 0 Å². The lowest BCUT2D eigenvalue weighted by molar-refractivity contribution is 0.102. The Balaban J connectivity index is 1.60. The molecule has 2 aliphatic rings. The summed E-state index contributed by atoms with van der Waals surface area (Å²) in [6.45, 7) is 2.94. The van der Waals surface area contributed by atoms with Gasteiger partial charge in [-0.2, -0.15) is 0 Å². The summed E-state index contributed by atoms with van der Waals surface area (Å²) in [6.07, 6.45) is 2.36. The van der Waals surface area contributed by atoms with E-state index in [1.54, 1.807) is 12.1 Å². The quantitative estimate of drug-likeness (QED) is 0.902. The highest BCUT2D eigenvalue weighted by Gasteiger charge is 2.21. The summed E-state index contributed by atoms with van der Waals surface area (Å²) >= 11 is 6.24. The van der Waals surface area contributed by atoms with Crippen LogP contribution in [0.1, 0.15) is 23.2 Å². The highest BCUT2D eigenvalue weighted by atomic mass is 35.5. The van der Waals surface area contributed by atoms with Crippen LogP contribution in [-0.2, 0) is 0 Å². The zero-order valence-electron chi connectivity index (χ0n) is 13.8. The van der Waals surface area contributed by atoms with Gasteiger partial charge in [0.2, 0.25) is 0 Å². The van der Waals surface area contributed by atoms with Gasteiger partial charge < -0.3 is 19.7 Å². The molecule has 1 amide bonds. The van der Waals surface area contributed by atoms with Gasteiger partial charge in [0.05, 0.1) is 16.4 Å². The maximum absolute atomic E-state index is 12.7. The van der Waals surface area contributed by atoms with Crippen LogP contribution in [0.4, 0.5) is 11.4 Å². The molecule has 1 saturated heterocycles. The Hall–Kier alpha value is -2.40. The molecule has 0 bridgehead atoms. The summed E-state index contributed by atoms with van der Waals surface area (Å²) in [5, 5.41) is 3.39. The zero-order chi connectivity index (χ0) is 17.2. The normalized spacial score (nSPS) is 16.0. The Morgan fingerprint density at radius 2 is 1.84 bits per heavy atom. The molecule has 1 N–H and O–H groups in total. The van der Waals surface area contributed by atoms with E-state index in [1.165, 1.54) is 12.8 Å². The number of halogens is 1. The number of nitrogens with one attached hydrogen (secondary N) is 1. The van der Waals surface area contributed by atoms with E-state index >= 15 is 0 Å². The zero-order valence-corrected chi connectivity index (χ0v) is 14.5. The topological polar surface area (TPSA) is 50.8 Å². The second kappa shape index (κ2) is 6.84. The smallest absolute Gasteiger partial charge is 0.255 e. The fourth-order valence-corrected chi connectivity index (χ4v) is 3.51. The first kappa shape index (κ1) is 16.1. The van der Waals surface area contributed by atoms with Crippen molar-refractivity contribution in [2.75, 3.05) is 36.5 Å². The van der Waals surface area contributed by atoms with Crippen LogP contribution in [0.5, 0.6) is 11.5 Å². The number of rotatable bonds is 3. The molecule has 0 atom stereocenters. The Labute approximate surface area is 151 Å². The lowest BCUT2D eigenvalue weighted by atomic mass is 10.1. The highest BCUT2D eigenvalue weighted by Crippen LogP contribution is 2.38. The van der Waals surface area contributed by atoms with Crippen molar-refractivity contribution in [1.82, 2.24) is 0 Å². The number of carbonyl (C=O) groups is 1. The molecule has 0 saturated carbocycles. The van der Waals surface area contributed by atoms with Gasteiger partial charge in [-0.05, 0) is 37.1 Å². The van der Waals surface area contributed by atoms with E-state index in [1.807, 2.05) is 24.3 Å². The minimum atomic E-state index is -0.217. The van der Waals surface area contributed by atoms with Crippen molar-refractivity contribution < 1.29 is 14.3 Å². The third kappa shape index (κ3) is 3.24. The minimum Gasteiger partial charge on any atom is -0.486 e. The van der Waals surface area contributed by atoms with Gasteiger partial charge in [-0.15, -0.1) is 0 Å². The molecule has 2 heterocycles. The largest absolute Gasteiger partial charge is 0.486 e. The number of amides is 1. The molecule has 2 aliphatic heterocycles. The Morgan fingerprint density at radius 1 is 1.08 bits per heavy atom. The minimum absolute atomic E-state index is 0.217. The summed E-state index contributed by atoms with van der Waals surface area (Å²) < 4.78 is 11.1. The molecule has 0 unspecified atom stereocenters. The molecular formula is C19H19ClN2O3. The third-order valence-corrected chi connectivity index (χ3v) is 4.74.